The molecule has 0 unspecified atom stereocenters. The quantitative estimate of drug-likeness (QED) is 0.465. The zero-order valence-corrected chi connectivity index (χ0v) is 18.6. The van der Waals surface area contributed by atoms with Crippen LogP contribution in [0.25, 0.3) is 16.7 Å². The molecule has 1 aliphatic rings. The number of hydrogen-bond acceptors (Lipinski definition) is 5. The van der Waals surface area contributed by atoms with Crippen LogP contribution in [0, 0.1) is 6.92 Å². The number of rotatable bonds is 5. The summed E-state index contributed by atoms with van der Waals surface area (Å²) in [5, 5.41) is 13.3. The Labute approximate surface area is 190 Å². The molecule has 0 saturated carbocycles. The Kier molecular flexibility index (Phi) is 5.28. The summed E-state index contributed by atoms with van der Waals surface area (Å²) in [7, 11) is 1.91. The number of benzene rings is 2. The van der Waals surface area contributed by atoms with Gasteiger partial charge in [-0.2, -0.15) is 0 Å². The molecule has 9 heteroatoms. The molecule has 4 aromatic rings. The van der Waals surface area contributed by atoms with Gasteiger partial charge in [0.05, 0.1) is 35.5 Å². The zero-order valence-electron chi connectivity index (χ0n) is 18.6. The van der Waals surface area contributed by atoms with Crippen LogP contribution < -0.4 is 10.2 Å². The third-order valence-electron chi connectivity index (χ3n) is 6.18. The van der Waals surface area contributed by atoms with Crippen molar-refractivity contribution in [1.29, 1.82) is 0 Å². The molecule has 3 heterocycles. The van der Waals surface area contributed by atoms with Gasteiger partial charge in [0.25, 0.3) is 5.92 Å². The standard InChI is InChI=1S/C24H26F2N6O/c1-16-13-32(15-27-16)20-7-6-18(12-17(20)14-33)28-19-4-3-5-21-22(19)29-23(30(21)2)31-10-8-24(25,26)9-11-31/h3-7,12-13,15,28,33H,8-11,14H2,1-2H3. The molecule has 0 aliphatic carbocycles. The normalized spacial score (nSPS) is 15.8. The van der Waals surface area contributed by atoms with E-state index in [0.717, 1.165) is 39.4 Å². The topological polar surface area (TPSA) is 71.1 Å². The average molecular weight is 453 g/mol. The molecular weight excluding hydrogens is 426 g/mol. The van der Waals surface area contributed by atoms with Crippen LogP contribution in [-0.4, -0.2) is 43.2 Å². The van der Waals surface area contributed by atoms with Crippen molar-refractivity contribution in [2.75, 3.05) is 23.3 Å². The fourth-order valence-electron chi connectivity index (χ4n) is 4.37. The lowest BCUT2D eigenvalue weighted by molar-refractivity contribution is -0.0223. The first kappa shape index (κ1) is 21.4. The van der Waals surface area contributed by atoms with Crippen LogP contribution in [0.15, 0.2) is 48.9 Å². The summed E-state index contributed by atoms with van der Waals surface area (Å²) in [6.45, 7) is 2.37. The molecule has 0 radical (unpaired) electrons. The summed E-state index contributed by atoms with van der Waals surface area (Å²) in [6, 6.07) is 11.6. The number of aryl methyl sites for hydroxylation is 2. The van der Waals surface area contributed by atoms with Gasteiger partial charge in [-0.3, -0.25) is 0 Å². The molecule has 0 atom stereocenters. The van der Waals surface area contributed by atoms with Gasteiger partial charge in [0.15, 0.2) is 0 Å². The van der Waals surface area contributed by atoms with Gasteiger partial charge in [-0.05, 0) is 37.3 Å². The Morgan fingerprint density at radius 3 is 2.64 bits per heavy atom. The fraction of sp³-hybridized carbons (Fsp3) is 0.333. The number of aliphatic hydroxyl groups is 1. The molecule has 0 bridgehead atoms. The average Bonchev–Trinajstić information content (AvgIpc) is 3.38. The van der Waals surface area contributed by atoms with Crippen LogP contribution >= 0.6 is 0 Å². The number of imidazole rings is 2. The van der Waals surface area contributed by atoms with Crippen LogP contribution in [0.4, 0.5) is 26.1 Å². The SMILES string of the molecule is Cc1cn(-c2ccc(Nc3cccc4c3nc(N3CCC(F)(F)CC3)n4C)cc2CO)cn1. The molecule has 7 nitrogen and oxygen atoms in total. The summed E-state index contributed by atoms with van der Waals surface area (Å²) >= 11 is 0. The Morgan fingerprint density at radius 2 is 1.94 bits per heavy atom. The number of hydrogen-bond donors (Lipinski definition) is 2. The van der Waals surface area contributed by atoms with Crippen molar-refractivity contribution in [1.82, 2.24) is 19.1 Å². The van der Waals surface area contributed by atoms with E-state index in [0.29, 0.717) is 5.95 Å². The van der Waals surface area contributed by atoms with E-state index in [9.17, 15) is 13.9 Å². The van der Waals surface area contributed by atoms with E-state index < -0.39 is 5.92 Å². The van der Waals surface area contributed by atoms with Crippen LogP contribution in [0.2, 0.25) is 0 Å². The molecule has 5 rings (SSSR count). The number of anilines is 3. The second kappa shape index (κ2) is 8.15. The minimum Gasteiger partial charge on any atom is -0.392 e. The fourth-order valence-corrected chi connectivity index (χ4v) is 4.37. The molecule has 33 heavy (non-hydrogen) atoms. The third-order valence-corrected chi connectivity index (χ3v) is 6.18. The van der Waals surface area contributed by atoms with E-state index in [1.807, 2.05) is 70.6 Å². The van der Waals surface area contributed by atoms with Gasteiger partial charge in [0.1, 0.15) is 5.52 Å². The number of fused-ring (bicyclic) bond motifs is 1. The third kappa shape index (κ3) is 4.04. The van der Waals surface area contributed by atoms with Crippen LogP contribution in [0.3, 0.4) is 0 Å². The highest BCUT2D eigenvalue weighted by Gasteiger charge is 2.35. The minimum atomic E-state index is -2.60. The highest BCUT2D eigenvalue weighted by atomic mass is 19.3. The Balaban J connectivity index is 1.46. The summed E-state index contributed by atoms with van der Waals surface area (Å²) in [6.07, 6.45) is 3.32. The molecule has 1 saturated heterocycles. The predicted molar refractivity (Wildman–Crippen MR) is 125 cm³/mol. The van der Waals surface area contributed by atoms with E-state index in [1.54, 1.807) is 6.33 Å². The summed E-state index contributed by atoms with van der Waals surface area (Å²) in [4.78, 5) is 11.0. The highest BCUT2D eigenvalue weighted by molar-refractivity contribution is 5.92. The summed E-state index contributed by atoms with van der Waals surface area (Å²) in [5.74, 6) is -1.91. The van der Waals surface area contributed by atoms with Gasteiger partial charge in [0, 0.05) is 50.4 Å². The van der Waals surface area contributed by atoms with Gasteiger partial charge in [-0.25, -0.2) is 18.7 Å². The molecule has 0 spiro atoms. The predicted octanol–water partition coefficient (Wildman–Crippen LogP) is 4.54. The molecule has 1 aliphatic heterocycles. The number of halogens is 2. The maximum atomic E-state index is 13.6. The van der Waals surface area contributed by atoms with Gasteiger partial charge in [0.2, 0.25) is 5.95 Å². The lowest BCUT2D eigenvalue weighted by Gasteiger charge is -2.32. The van der Waals surface area contributed by atoms with Gasteiger partial charge in [-0.15, -0.1) is 0 Å². The van der Waals surface area contributed by atoms with E-state index in [-0.39, 0.29) is 32.5 Å². The second-order valence-corrected chi connectivity index (χ2v) is 8.54. The van der Waals surface area contributed by atoms with Crippen molar-refractivity contribution in [2.24, 2.45) is 7.05 Å². The number of alkyl halides is 2. The lowest BCUT2D eigenvalue weighted by Crippen LogP contribution is -2.40. The van der Waals surface area contributed by atoms with Crippen molar-refractivity contribution in [3.8, 4) is 5.69 Å². The van der Waals surface area contributed by atoms with Crippen molar-refractivity contribution in [3.05, 3.63) is 60.2 Å². The maximum absolute atomic E-state index is 13.6. The Bertz CT molecular complexity index is 1300. The molecular formula is C24H26F2N6O. The van der Waals surface area contributed by atoms with Crippen molar-refractivity contribution < 1.29 is 13.9 Å². The molecule has 1 fully saturated rings. The summed E-state index contributed by atoms with van der Waals surface area (Å²) in [5.41, 5.74) is 5.84. The molecule has 2 aromatic heterocycles. The van der Waals surface area contributed by atoms with Crippen LogP contribution in [0.5, 0.6) is 0 Å². The van der Waals surface area contributed by atoms with Crippen molar-refractivity contribution in [3.63, 3.8) is 0 Å². The summed E-state index contributed by atoms with van der Waals surface area (Å²) < 4.78 is 31.1. The number of piperidine rings is 1. The Morgan fingerprint density at radius 1 is 1.15 bits per heavy atom. The van der Waals surface area contributed by atoms with E-state index in [4.69, 9.17) is 4.98 Å². The van der Waals surface area contributed by atoms with Crippen molar-refractivity contribution >= 4 is 28.4 Å². The van der Waals surface area contributed by atoms with Gasteiger partial charge in [-0.1, -0.05) is 6.07 Å². The molecule has 0 amide bonds. The van der Waals surface area contributed by atoms with E-state index in [2.05, 4.69) is 10.3 Å². The highest BCUT2D eigenvalue weighted by Crippen LogP contribution is 2.34. The number of aromatic nitrogens is 4. The maximum Gasteiger partial charge on any atom is 0.251 e. The van der Waals surface area contributed by atoms with Gasteiger partial charge < -0.3 is 24.5 Å². The number of para-hydroxylation sites is 1. The van der Waals surface area contributed by atoms with E-state index >= 15 is 0 Å². The first-order valence-corrected chi connectivity index (χ1v) is 10.9. The second-order valence-electron chi connectivity index (χ2n) is 8.54. The number of nitrogens with one attached hydrogen (secondary N) is 1. The molecule has 2 aromatic carbocycles. The molecule has 2 N–H and O–H groups in total. The monoisotopic (exact) mass is 452 g/mol. The Hall–Kier alpha value is -3.46. The van der Waals surface area contributed by atoms with Crippen LogP contribution in [0.1, 0.15) is 24.1 Å². The molecule has 172 valence electrons. The largest absolute Gasteiger partial charge is 0.392 e. The lowest BCUT2D eigenvalue weighted by atomic mass is 10.1. The number of aliphatic hydroxyl groups excluding tert-OH is 1. The van der Waals surface area contributed by atoms with Crippen LogP contribution in [-0.2, 0) is 13.7 Å². The first-order chi connectivity index (χ1) is 15.8. The van der Waals surface area contributed by atoms with E-state index in [1.165, 1.54) is 0 Å². The first-order valence-electron chi connectivity index (χ1n) is 10.9. The van der Waals surface area contributed by atoms with Gasteiger partial charge >= 0.3 is 0 Å². The smallest absolute Gasteiger partial charge is 0.251 e. The number of nitrogens with zero attached hydrogens (tertiary/aromatic N) is 5. The minimum absolute atomic E-state index is 0.111. The van der Waals surface area contributed by atoms with Crippen molar-refractivity contribution in [2.45, 2.75) is 32.3 Å². The zero-order chi connectivity index (χ0) is 23.2.